The zero-order chi connectivity index (χ0) is 19.5. The first-order valence-electron chi connectivity index (χ1n) is 9.84. The standard InChI is InChI=1S/C22H26N4O2/c1-4-28-19-13-27-12-18(19)26-14-24-20(16-8-6-5-7-9-16)21(26)17-10-11-23-22(25-17)15(2)3/h5-11,14-15,18-19H,4,12-13H2,1-3H3/t18-,19-/m0/s1. The van der Waals surface area contributed by atoms with Gasteiger partial charge in [0.1, 0.15) is 11.9 Å². The van der Waals surface area contributed by atoms with E-state index in [-0.39, 0.29) is 18.1 Å². The molecular formula is C22H26N4O2. The predicted molar refractivity (Wildman–Crippen MR) is 108 cm³/mol. The monoisotopic (exact) mass is 378 g/mol. The van der Waals surface area contributed by atoms with Crippen LogP contribution in [-0.4, -0.2) is 45.4 Å². The molecule has 28 heavy (non-hydrogen) atoms. The Hall–Kier alpha value is -2.57. The molecule has 0 amide bonds. The molecule has 1 aliphatic heterocycles. The number of imidazole rings is 1. The number of hydrogen-bond acceptors (Lipinski definition) is 5. The van der Waals surface area contributed by atoms with Crippen molar-refractivity contribution >= 4 is 0 Å². The SMILES string of the molecule is CCO[C@H]1COC[C@@H]1n1cnc(-c2ccccc2)c1-c1ccnc(C(C)C)n1. The van der Waals surface area contributed by atoms with E-state index in [4.69, 9.17) is 19.4 Å². The lowest BCUT2D eigenvalue weighted by atomic mass is 10.1. The number of aromatic nitrogens is 4. The molecule has 6 heteroatoms. The fourth-order valence-electron chi connectivity index (χ4n) is 3.61. The first-order chi connectivity index (χ1) is 13.7. The summed E-state index contributed by atoms with van der Waals surface area (Å²) in [6.07, 6.45) is 3.72. The second-order valence-electron chi connectivity index (χ2n) is 7.27. The van der Waals surface area contributed by atoms with Gasteiger partial charge in [-0.15, -0.1) is 0 Å². The summed E-state index contributed by atoms with van der Waals surface area (Å²) >= 11 is 0. The Balaban J connectivity index is 1.86. The largest absolute Gasteiger partial charge is 0.376 e. The lowest BCUT2D eigenvalue weighted by molar-refractivity contribution is 0.0364. The molecule has 0 aliphatic carbocycles. The molecule has 0 saturated carbocycles. The summed E-state index contributed by atoms with van der Waals surface area (Å²) in [5.41, 5.74) is 3.83. The van der Waals surface area contributed by atoms with Gasteiger partial charge < -0.3 is 14.0 Å². The lowest BCUT2D eigenvalue weighted by Crippen LogP contribution is -2.26. The zero-order valence-electron chi connectivity index (χ0n) is 16.6. The molecule has 0 unspecified atom stereocenters. The molecule has 1 aliphatic rings. The van der Waals surface area contributed by atoms with Gasteiger partial charge >= 0.3 is 0 Å². The molecule has 1 fully saturated rings. The second kappa shape index (κ2) is 8.20. The minimum Gasteiger partial charge on any atom is -0.376 e. The van der Waals surface area contributed by atoms with E-state index in [1.807, 2.05) is 43.7 Å². The van der Waals surface area contributed by atoms with Gasteiger partial charge in [0.2, 0.25) is 0 Å². The number of nitrogens with zero attached hydrogens (tertiary/aromatic N) is 4. The summed E-state index contributed by atoms with van der Waals surface area (Å²) in [6.45, 7) is 8.07. The van der Waals surface area contributed by atoms with Gasteiger partial charge in [-0.05, 0) is 13.0 Å². The Morgan fingerprint density at radius 2 is 1.96 bits per heavy atom. The summed E-state index contributed by atoms with van der Waals surface area (Å²) < 4.78 is 13.8. The third-order valence-corrected chi connectivity index (χ3v) is 5.01. The Bertz CT molecular complexity index is 923. The molecule has 0 radical (unpaired) electrons. The van der Waals surface area contributed by atoms with Gasteiger partial charge in [0, 0.05) is 24.3 Å². The van der Waals surface area contributed by atoms with Crippen LogP contribution in [0.3, 0.4) is 0 Å². The molecule has 0 bridgehead atoms. The van der Waals surface area contributed by atoms with Crippen molar-refractivity contribution in [3.05, 3.63) is 54.7 Å². The van der Waals surface area contributed by atoms with Gasteiger partial charge in [-0.3, -0.25) is 0 Å². The molecular weight excluding hydrogens is 352 g/mol. The molecule has 3 heterocycles. The number of ether oxygens (including phenoxy) is 2. The highest BCUT2D eigenvalue weighted by atomic mass is 16.5. The second-order valence-corrected chi connectivity index (χ2v) is 7.27. The van der Waals surface area contributed by atoms with E-state index in [0.29, 0.717) is 19.8 Å². The number of hydrogen-bond donors (Lipinski definition) is 0. The van der Waals surface area contributed by atoms with Crippen molar-refractivity contribution in [1.29, 1.82) is 0 Å². The van der Waals surface area contributed by atoms with Crippen molar-refractivity contribution in [2.45, 2.75) is 38.8 Å². The van der Waals surface area contributed by atoms with Crippen molar-refractivity contribution in [3.63, 3.8) is 0 Å². The van der Waals surface area contributed by atoms with Gasteiger partial charge in [0.25, 0.3) is 0 Å². The minimum absolute atomic E-state index is 0.00739. The average Bonchev–Trinajstić information content (AvgIpc) is 3.35. The normalized spacial score (nSPS) is 19.4. The summed E-state index contributed by atoms with van der Waals surface area (Å²) in [4.78, 5) is 14.1. The Kier molecular flexibility index (Phi) is 5.50. The van der Waals surface area contributed by atoms with Crippen LogP contribution in [0.25, 0.3) is 22.6 Å². The van der Waals surface area contributed by atoms with Crippen LogP contribution in [0.15, 0.2) is 48.9 Å². The topological polar surface area (TPSA) is 62.1 Å². The molecule has 1 aromatic carbocycles. The van der Waals surface area contributed by atoms with Crippen molar-refractivity contribution in [2.24, 2.45) is 0 Å². The van der Waals surface area contributed by atoms with E-state index in [1.54, 1.807) is 0 Å². The van der Waals surface area contributed by atoms with E-state index >= 15 is 0 Å². The molecule has 0 spiro atoms. The highest BCUT2D eigenvalue weighted by Gasteiger charge is 2.33. The molecule has 0 N–H and O–H groups in total. The molecule has 2 atom stereocenters. The summed E-state index contributed by atoms with van der Waals surface area (Å²) in [5.74, 6) is 1.08. The molecule has 1 saturated heterocycles. The maximum atomic E-state index is 5.93. The highest BCUT2D eigenvalue weighted by Crippen LogP contribution is 2.35. The summed E-state index contributed by atoms with van der Waals surface area (Å²) in [6, 6.07) is 12.2. The van der Waals surface area contributed by atoms with Gasteiger partial charge in [-0.1, -0.05) is 44.2 Å². The molecule has 2 aromatic heterocycles. The molecule has 4 rings (SSSR count). The maximum absolute atomic E-state index is 5.93. The molecule has 146 valence electrons. The average molecular weight is 378 g/mol. The lowest BCUT2D eigenvalue weighted by Gasteiger charge is -2.21. The number of rotatable bonds is 6. The van der Waals surface area contributed by atoms with E-state index in [1.165, 1.54) is 0 Å². The van der Waals surface area contributed by atoms with Crippen LogP contribution in [0.2, 0.25) is 0 Å². The third-order valence-electron chi connectivity index (χ3n) is 5.01. The van der Waals surface area contributed by atoms with Crippen molar-refractivity contribution in [2.75, 3.05) is 19.8 Å². The number of benzene rings is 1. The van der Waals surface area contributed by atoms with Crippen LogP contribution in [0, 0.1) is 0 Å². The van der Waals surface area contributed by atoms with Gasteiger partial charge in [-0.25, -0.2) is 15.0 Å². The Morgan fingerprint density at radius 3 is 2.71 bits per heavy atom. The quantitative estimate of drug-likeness (QED) is 0.646. The van der Waals surface area contributed by atoms with E-state index < -0.39 is 0 Å². The van der Waals surface area contributed by atoms with E-state index in [0.717, 1.165) is 28.5 Å². The summed E-state index contributed by atoms with van der Waals surface area (Å²) in [7, 11) is 0. The summed E-state index contributed by atoms with van der Waals surface area (Å²) in [5, 5.41) is 0. The predicted octanol–water partition coefficient (Wildman–Crippen LogP) is 4.11. The first-order valence-corrected chi connectivity index (χ1v) is 9.84. The maximum Gasteiger partial charge on any atom is 0.131 e. The highest BCUT2D eigenvalue weighted by molar-refractivity contribution is 5.76. The van der Waals surface area contributed by atoms with Crippen LogP contribution in [0.5, 0.6) is 0 Å². The van der Waals surface area contributed by atoms with Crippen LogP contribution in [0.1, 0.15) is 38.6 Å². The Labute approximate surface area is 165 Å². The van der Waals surface area contributed by atoms with Crippen LogP contribution in [-0.2, 0) is 9.47 Å². The fourth-order valence-corrected chi connectivity index (χ4v) is 3.61. The van der Waals surface area contributed by atoms with Crippen molar-refractivity contribution < 1.29 is 9.47 Å². The molecule has 3 aromatic rings. The fraction of sp³-hybridized carbons (Fsp3) is 0.409. The van der Waals surface area contributed by atoms with Crippen LogP contribution < -0.4 is 0 Å². The first kappa shape index (κ1) is 18.8. The van der Waals surface area contributed by atoms with Gasteiger partial charge in [-0.2, -0.15) is 0 Å². The zero-order valence-corrected chi connectivity index (χ0v) is 16.6. The van der Waals surface area contributed by atoms with E-state index in [2.05, 4.69) is 35.5 Å². The van der Waals surface area contributed by atoms with Crippen molar-refractivity contribution in [1.82, 2.24) is 19.5 Å². The minimum atomic E-state index is 0.00739. The van der Waals surface area contributed by atoms with Crippen LogP contribution in [0.4, 0.5) is 0 Å². The van der Waals surface area contributed by atoms with Gasteiger partial charge in [0.15, 0.2) is 0 Å². The third kappa shape index (κ3) is 3.57. The Morgan fingerprint density at radius 1 is 1.14 bits per heavy atom. The van der Waals surface area contributed by atoms with Crippen molar-refractivity contribution in [3.8, 4) is 22.6 Å². The smallest absolute Gasteiger partial charge is 0.131 e. The van der Waals surface area contributed by atoms with Gasteiger partial charge in [0.05, 0.1) is 42.7 Å². The molecule has 6 nitrogen and oxygen atoms in total. The van der Waals surface area contributed by atoms with Crippen LogP contribution >= 0.6 is 0 Å². The van der Waals surface area contributed by atoms with E-state index in [9.17, 15) is 0 Å².